The number of ether oxygens (including phenoxy) is 2. The lowest BCUT2D eigenvalue weighted by Gasteiger charge is -2.14. The van der Waals surface area contributed by atoms with Crippen LogP contribution in [0.3, 0.4) is 0 Å². The number of halogens is 1. The molecular formula is C22H36IN5O3. The van der Waals surface area contributed by atoms with Crippen molar-refractivity contribution in [2.24, 2.45) is 4.99 Å². The van der Waals surface area contributed by atoms with Crippen LogP contribution in [0, 0.1) is 0 Å². The van der Waals surface area contributed by atoms with E-state index in [2.05, 4.69) is 45.7 Å². The lowest BCUT2D eigenvalue weighted by molar-refractivity contribution is 0.287. The van der Waals surface area contributed by atoms with Gasteiger partial charge in [0.15, 0.2) is 23.3 Å². The van der Waals surface area contributed by atoms with E-state index in [0.717, 1.165) is 55.6 Å². The van der Waals surface area contributed by atoms with Gasteiger partial charge in [0.2, 0.25) is 5.89 Å². The minimum absolute atomic E-state index is 0. The van der Waals surface area contributed by atoms with Crippen LogP contribution in [0.25, 0.3) is 0 Å². The van der Waals surface area contributed by atoms with Gasteiger partial charge in [-0.2, -0.15) is 4.98 Å². The molecule has 9 heteroatoms. The molecule has 0 bridgehead atoms. The molecule has 0 fully saturated rings. The Labute approximate surface area is 202 Å². The lowest BCUT2D eigenvalue weighted by atomic mass is 10.1. The maximum atomic E-state index is 5.70. The molecule has 0 spiro atoms. The van der Waals surface area contributed by atoms with E-state index in [9.17, 15) is 0 Å². The normalized spacial score (nSPS) is 11.2. The third kappa shape index (κ3) is 9.32. The van der Waals surface area contributed by atoms with Gasteiger partial charge in [-0.15, -0.1) is 24.0 Å². The Morgan fingerprint density at radius 3 is 2.42 bits per heavy atom. The zero-order chi connectivity index (χ0) is 21.8. The largest absolute Gasteiger partial charge is 0.490 e. The summed E-state index contributed by atoms with van der Waals surface area (Å²) in [5.41, 5.74) is 1.18. The number of hydrogen-bond acceptors (Lipinski definition) is 6. The highest BCUT2D eigenvalue weighted by atomic mass is 127. The first-order valence-electron chi connectivity index (χ1n) is 10.7. The van der Waals surface area contributed by atoms with Gasteiger partial charge in [0.1, 0.15) is 0 Å². The summed E-state index contributed by atoms with van der Waals surface area (Å²) in [6.45, 7) is 10.8. The van der Waals surface area contributed by atoms with Crippen LogP contribution < -0.4 is 20.1 Å². The van der Waals surface area contributed by atoms with E-state index in [0.29, 0.717) is 19.1 Å². The van der Waals surface area contributed by atoms with Crippen molar-refractivity contribution in [1.82, 2.24) is 20.8 Å². The van der Waals surface area contributed by atoms with Gasteiger partial charge in [0.25, 0.3) is 0 Å². The summed E-state index contributed by atoms with van der Waals surface area (Å²) >= 11 is 0. The van der Waals surface area contributed by atoms with Gasteiger partial charge in [-0.05, 0) is 44.4 Å². The number of rotatable bonds is 12. The molecule has 2 rings (SSSR count). The van der Waals surface area contributed by atoms with Gasteiger partial charge in [0.05, 0.1) is 13.2 Å². The Bertz CT molecular complexity index is 795. The van der Waals surface area contributed by atoms with Gasteiger partial charge in [-0.25, -0.2) is 0 Å². The van der Waals surface area contributed by atoms with Crippen molar-refractivity contribution >= 4 is 29.9 Å². The summed E-state index contributed by atoms with van der Waals surface area (Å²) in [5.74, 6) is 4.08. The van der Waals surface area contributed by atoms with Crippen LogP contribution in [0.1, 0.15) is 57.3 Å². The smallest absolute Gasteiger partial charge is 0.226 e. The van der Waals surface area contributed by atoms with Crippen LogP contribution >= 0.6 is 24.0 Å². The van der Waals surface area contributed by atoms with Crippen molar-refractivity contribution in [3.8, 4) is 11.5 Å². The number of aromatic nitrogens is 2. The minimum atomic E-state index is 0. The zero-order valence-corrected chi connectivity index (χ0v) is 21.6. The van der Waals surface area contributed by atoms with Crippen molar-refractivity contribution in [2.45, 2.75) is 52.9 Å². The SMILES string of the molecule is CCOc1ccc(CCNC(=NC)NCCCc2nc(C(C)C)no2)cc1OCC.I. The van der Waals surface area contributed by atoms with Gasteiger partial charge in [0, 0.05) is 32.5 Å². The summed E-state index contributed by atoms with van der Waals surface area (Å²) in [7, 11) is 1.77. The second kappa shape index (κ2) is 14.9. The third-order valence-corrected chi connectivity index (χ3v) is 4.40. The summed E-state index contributed by atoms with van der Waals surface area (Å²) in [5, 5.41) is 10.6. The van der Waals surface area contributed by atoms with Gasteiger partial charge < -0.3 is 24.6 Å². The molecule has 0 aliphatic heterocycles. The average Bonchev–Trinajstić information content (AvgIpc) is 3.21. The van der Waals surface area contributed by atoms with Crippen molar-refractivity contribution in [1.29, 1.82) is 0 Å². The first kappa shape index (κ1) is 27.0. The van der Waals surface area contributed by atoms with Crippen LogP contribution in [0.4, 0.5) is 0 Å². The van der Waals surface area contributed by atoms with Crippen molar-refractivity contribution in [3.05, 3.63) is 35.5 Å². The van der Waals surface area contributed by atoms with E-state index in [4.69, 9.17) is 14.0 Å². The fourth-order valence-corrected chi connectivity index (χ4v) is 2.85. The molecule has 0 saturated carbocycles. The van der Waals surface area contributed by atoms with Crippen LogP contribution in [-0.4, -0.2) is 49.5 Å². The Kier molecular flexibility index (Phi) is 13.0. The Hall–Kier alpha value is -2.04. The topological polar surface area (TPSA) is 93.8 Å². The molecule has 1 aromatic heterocycles. The average molecular weight is 545 g/mol. The highest BCUT2D eigenvalue weighted by Gasteiger charge is 2.09. The molecule has 1 heterocycles. The molecule has 2 N–H and O–H groups in total. The molecule has 0 amide bonds. The van der Waals surface area contributed by atoms with E-state index in [1.165, 1.54) is 5.56 Å². The maximum Gasteiger partial charge on any atom is 0.226 e. The molecule has 8 nitrogen and oxygen atoms in total. The summed E-state index contributed by atoms with van der Waals surface area (Å²) in [6.07, 6.45) is 2.49. The first-order chi connectivity index (χ1) is 14.6. The third-order valence-electron chi connectivity index (χ3n) is 4.40. The molecule has 0 saturated heterocycles. The van der Waals surface area contributed by atoms with Gasteiger partial charge in [-0.1, -0.05) is 25.1 Å². The quantitative estimate of drug-likeness (QED) is 0.181. The molecule has 2 aromatic rings. The molecule has 0 aliphatic carbocycles. The van der Waals surface area contributed by atoms with Crippen LogP contribution in [0.15, 0.2) is 27.7 Å². The van der Waals surface area contributed by atoms with Gasteiger partial charge in [-0.3, -0.25) is 4.99 Å². The number of hydrogen-bond donors (Lipinski definition) is 2. The number of nitrogens with one attached hydrogen (secondary N) is 2. The Morgan fingerprint density at radius 2 is 1.77 bits per heavy atom. The Balaban J connectivity index is 0.00000480. The fourth-order valence-electron chi connectivity index (χ4n) is 2.85. The van der Waals surface area contributed by atoms with E-state index in [1.807, 2.05) is 26.0 Å². The highest BCUT2D eigenvalue weighted by Crippen LogP contribution is 2.28. The second-order valence-electron chi connectivity index (χ2n) is 7.13. The number of guanidine groups is 1. The molecule has 0 radical (unpaired) electrons. The van der Waals surface area contributed by atoms with Gasteiger partial charge >= 0.3 is 0 Å². The molecule has 31 heavy (non-hydrogen) atoms. The predicted octanol–water partition coefficient (Wildman–Crippen LogP) is 3.95. The van der Waals surface area contributed by atoms with Crippen LogP contribution in [-0.2, 0) is 12.8 Å². The summed E-state index contributed by atoms with van der Waals surface area (Å²) < 4.78 is 16.6. The number of nitrogens with zero attached hydrogens (tertiary/aromatic N) is 3. The number of aryl methyl sites for hydroxylation is 1. The molecular weight excluding hydrogens is 509 g/mol. The van der Waals surface area contributed by atoms with Crippen molar-refractivity contribution < 1.29 is 14.0 Å². The zero-order valence-electron chi connectivity index (χ0n) is 19.2. The molecule has 174 valence electrons. The second-order valence-corrected chi connectivity index (χ2v) is 7.13. The number of aliphatic imine (C=N–C) groups is 1. The van der Waals surface area contributed by atoms with E-state index >= 15 is 0 Å². The lowest BCUT2D eigenvalue weighted by Crippen LogP contribution is -2.38. The van der Waals surface area contributed by atoms with Crippen LogP contribution in [0.5, 0.6) is 11.5 Å². The minimum Gasteiger partial charge on any atom is -0.490 e. The van der Waals surface area contributed by atoms with E-state index < -0.39 is 0 Å². The van der Waals surface area contributed by atoms with E-state index in [1.54, 1.807) is 7.05 Å². The maximum absolute atomic E-state index is 5.70. The van der Waals surface area contributed by atoms with Crippen LogP contribution in [0.2, 0.25) is 0 Å². The fraction of sp³-hybridized carbons (Fsp3) is 0.591. The van der Waals surface area contributed by atoms with Crippen molar-refractivity contribution in [2.75, 3.05) is 33.4 Å². The predicted molar refractivity (Wildman–Crippen MR) is 134 cm³/mol. The highest BCUT2D eigenvalue weighted by molar-refractivity contribution is 14.0. The summed E-state index contributed by atoms with van der Waals surface area (Å²) in [4.78, 5) is 8.67. The number of benzene rings is 1. The van der Waals surface area contributed by atoms with E-state index in [-0.39, 0.29) is 29.9 Å². The molecule has 0 unspecified atom stereocenters. The first-order valence-corrected chi connectivity index (χ1v) is 10.7. The monoisotopic (exact) mass is 545 g/mol. The Morgan fingerprint density at radius 1 is 1.06 bits per heavy atom. The molecule has 0 atom stereocenters. The molecule has 0 aliphatic rings. The standard InChI is InChI=1S/C22H35N5O3.HI/c1-6-28-18-11-10-17(15-19(18)29-7-2)12-14-25-22(23-5)24-13-8-9-20-26-21(16(3)4)27-30-20;/h10-11,15-16H,6-9,12-14H2,1-5H3,(H2,23,24,25);1H. The van der Waals surface area contributed by atoms with Crippen molar-refractivity contribution in [3.63, 3.8) is 0 Å². The molecule has 1 aromatic carbocycles. The summed E-state index contributed by atoms with van der Waals surface area (Å²) in [6, 6.07) is 6.09.